The van der Waals surface area contributed by atoms with Crippen molar-refractivity contribution < 1.29 is 23.8 Å². The Morgan fingerprint density at radius 1 is 1.24 bits per heavy atom. The normalized spacial score (nSPS) is 10.8. The molecule has 0 bridgehead atoms. The van der Waals surface area contributed by atoms with E-state index in [9.17, 15) is 14.0 Å². The molecule has 0 spiro atoms. The number of aryl methyl sites for hydroxylation is 1. The summed E-state index contributed by atoms with van der Waals surface area (Å²) in [5, 5.41) is 8.63. The van der Waals surface area contributed by atoms with Crippen LogP contribution in [0.25, 0.3) is 6.08 Å². The molecular weight excluding hydrogens is 343 g/mol. The number of halogens is 1. The Bertz CT molecular complexity index is 830. The van der Waals surface area contributed by atoms with Crippen molar-refractivity contribution in [2.45, 2.75) is 11.8 Å². The van der Waals surface area contributed by atoms with Gasteiger partial charge in [-0.2, -0.15) is 0 Å². The molecule has 130 valence electrons. The molecule has 6 heteroatoms. The van der Waals surface area contributed by atoms with E-state index in [4.69, 9.17) is 9.84 Å². The number of carboxylic acid groups (broad SMARTS) is 1. The second-order valence-electron chi connectivity index (χ2n) is 5.27. The van der Waals surface area contributed by atoms with Crippen molar-refractivity contribution in [1.82, 2.24) is 0 Å². The molecule has 0 saturated carbocycles. The molecule has 0 fully saturated rings. The van der Waals surface area contributed by atoms with Crippen LogP contribution in [0.2, 0.25) is 0 Å². The third-order valence-electron chi connectivity index (χ3n) is 3.37. The molecule has 0 radical (unpaired) electrons. The van der Waals surface area contributed by atoms with Crippen molar-refractivity contribution in [1.29, 1.82) is 0 Å². The molecule has 0 saturated heterocycles. The first-order chi connectivity index (χ1) is 11.9. The van der Waals surface area contributed by atoms with Crippen LogP contribution in [0.1, 0.15) is 21.5 Å². The van der Waals surface area contributed by atoms with E-state index in [0.29, 0.717) is 5.75 Å². The molecule has 0 aliphatic rings. The van der Waals surface area contributed by atoms with E-state index < -0.39 is 11.8 Å². The van der Waals surface area contributed by atoms with E-state index >= 15 is 0 Å². The van der Waals surface area contributed by atoms with Gasteiger partial charge in [-0.25, -0.2) is 4.39 Å². The minimum Gasteiger partial charge on any atom is -0.496 e. The molecule has 0 amide bonds. The monoisotopic (exact) mass is 360 g/mol. The fraction of sp³-hybridized carbons (Fsp3) is 0.158. The van der Waals surface area contributed by atoms with Crippen LogP contribution in [0, 0.1) is 12.7 Å². The van der Waals surface area contributed by atoms with Gasteiger partial charge in [-0.3, -0.25) is 9.59 Å². The van der Waals surface area contributed by atoms with Crippen molar-refractivity contribution in [3.63, 3.8) is 0 Å². The quantitative estimate of drug-likeness (QED) is 0.455. The summed E-state index contributed by atoms with van der Waals surface area (Å²) in [4.78, 5) is 23.0. The van der Waals surface area contributed by atoms with Gasteiger partial charge in [0.1, 0.15) is 11.6 Å². The lowest BCUT2D eigenvalue weighted by atomic mass is 10.1. The first kappa shape index (κ1) is 18.7. The average Bonchev–Trinajstić information content (AvgIpc) is 2.58. The molecule has 25 heavy (non-hydrogen) atoms. The standard InChI is InChI=1S/C19H17FO4S/c1-12-3-7-17(24-2)14(9-12)4-6-16(21)13-5-8-18(15(20)10-13)25-11-19(22)23/h3-10H,11H2,1-2H3,(H,22,23)/b6-4+. The number of carboxylic acids is 1. The van der Waals surface area contributed by atoms with E-state index in [2.05, 4.69) is 0 Å². The second-order valence-corrected chi connectivity index (χ2v) is 6.29. The van der Waals surface area contributed by atoms with Crippen LogP contribution in [0.3, 0.4) is 0 Å². The van der Waals surface area contributed by atoms with Crippen molar-refractivity contribution in [2.24, 2.45) is 0 Å². The summed E-state index contributed by atoms with van der Waals surface area (Å²) in [6.45, 7) is 1.93. The maximum absolute atomic E-state index is 14.0. The van der Waals surface area contributed by atoms with Crippen LogP contribution in [0.15, 0.2) is 47.4 Å². The lowest BCUT2D eigenvalue weighted by Crippen LogP contribution is -2.00. The highest BCUT2D eigenvalue weighted by molar-refractivity contribution is 8.00. The van der Waals surface area contributed by atoms with E-state index in [1.54, 1.807) is 13.2 Å². The second kappa shape index (κ2) is 8.48. The fourth-order valence-corrected chi connectivity index (χ4v) is 2.80. The zero-order valence-corrected chi connectivity index (χ0v) is 14.6. The molecule has 0 aliphatic heterocycles. The summed E-state index contributed by atoms with van der Waals surface area (Å²) in [7, 11) is 1.55. The third kappa shape index (κ3) is 5.19. The van der Waals surface area contributed by atoms with Crippen LogP contribution in [0.4, 0.5) is 4.39 Å². The number of thioether (sulfide) groups is 1. The van der Waals surface area contributed by atoms with Gasteiger partial charge in [-0.05, 0) is 49.4 Å². The molecule has 0 heterocycles. The molecule has 0 aromatic heterocycles. The molecule has 2 aromatic carbocycles. The van der Waals surface area contributed by atoms with Crippen molar-refractivity contribution in [3.05, 3.63) is 65.0 Å². The van der Waals surface area contributed by atoms with Crippen LogP contribution in [-0.4, -0.2) is 29.7 Å². The molecule has 0 atom stereocenters. The number of ketones is 1. The highest BCUT2D eigenvalue weighted by atomic mass is 32.2. The Morgan fingerprint density at radius 3 is 2.64 bits per heavy atom. The number of carbonyl (C=O) groups is 2. The zero-order chi connectivity index (χ0) is 18.4. The number of hydrogen-bond donors (Lipinski definition) is 1. The lowest BCUT2D eigenvalue weighted by molar-refractivity contribution is -0.133. The smallest absolute Gasteiger partial charge is 0.313 e. The van der Waals surface area contributed by atoms with E-state index in [0.717, 1.165) is 29.0 Å². The van der Waals surface area contributed by atoms with Crippen LogP contribution in [-0.2, 0) is 4.79 Å². The maximum atomic E-state index is 14.0. The minimum atomic E-state index is -1.03. The number of benzene rings is 2. The highest BCUT2D eigenvalue weighted by Gasteiger charge is 2.10. The number of allylic oxidation sites excluding steroid dienone is 1. The lowest BCUT2D eigenvalue weighted by Gasteiger charge is -2.06. The van der Waals surface area contributed by atoms with Gasteiger partial charge < -0.3 is 9.84 Å². The van der Waals surface area contributed by atoms with Crippen LogP contribution < -0.4 is 4.74 Å². The predicted octanol–water partition coefficient (Wildman–Crippen LogP) is 4.22. The summed E-state index contributed by atoms with van der Waals surface area (Å²) in [6.07, 6.45) is 2.98. The first-order valence-electron chi connectivity index (χ1n) is 7.42. The SMILES string of the molecule is COc1ccc(C)cc1/C=C/C(=O)c1ccc(SCC(=O)O)c(F)c1. The van der Waals surface area contributed by atoms with Gasteiger partial charge >= 0.3 is 5.97 Å². The van der Waals surface area contributed by atoms with Gasteiger partial charge in [0, 0.05) is 16.0 Å². The topological polar surface area (TPSA) is 63.6 Å². The number of methoxy groups -OCH3 is 1. The van der Waals surface area contributed by atoms with Gasteiger partial charge in [0.05, 0.1) is 12.9 Å². The maximum Gasteiger partial charge on any atom is 0.313 e. The van der Waals surface area contributed by atoms with Gasteiger partial charge in [0.2, 0.25) is 0 Å². The predicted molar refractivity (Wildman–Crippen MR) is 95.9 cm³/mol. The average molecular weight is 360 g/mol. The molecule has 0 unspecified atom stereocenters. The van der Waals surface area contributed by atoms with Gasteiger partial charge in [0.15, 0.2) is 5.78 Å². The number of ether oxygens (including phenoxy) is 1. The highest BCUT2D eigenvalue weighted by Crippen LogP contribution is 2.24. The van der Waals surface area contributed by atoms with E-state index in [-0.39, 0.29) is 22.0 Å². The molecule has 0 aliphatic carbocycles. The Balaban J connectivity index is 2.17. The van der Waals surface area contributed by atoms with Crippen molar-refractivity contribution in [2.75, 3.05) is 12.9 Å². The number of rotatable bonds is 7. The number of hydrogen-bond acceptors (Lipinski definition) is 4. The Morgan fingerprint density at radius 2 is 2.00 bits per heavy atom. The summed E-state index contributed by atoms with van der Waals surface area (Å²) in [5.74, 6) is -1.59. The number of aliphatic carboxylic acids is 1. The number of carbonyl (C=O) groups excluding carboxylic acids is 1. The fourth-order valence-electron chi connectivity index (χ4n) is 2.16. The molecule has 2 aromatic rings. The minimum absolute atomic E-state index is 0.194. The Hall–Kier alpha value is -2.60. The molecule has 4 nitrogen and oxygen atoms in total. The van der Waals surface area contributed by atoms with Gasteiger partial charge in [-0.1, -0.05) is 11.6 Å². The van der Waals surface area contributed by atoms with Gasteiger partial charge in [-0.15, -0.1) is 11.8 Å². The molecule has 2 rings (SSSR count). The van der Waals surface area contributed by atoms with Crippen LogP contribution in [0.5, 0.6) is 5.75 Å². The summed E-state index contributed by atoms with van der Waals surface area (Å²) in [5.41, 5.74) is 1.98. The molecular formula is C19H17FO4S. The Labute approximate surface area is 149 Å². The summed E-state index contributed by atoms with van der Waals surface area (Å²) < 4.78 is 19.2. The summed E-state index contributed by atoms with van der Waals surface area (Å²) >= 11 is 0.872. The van der Waals surface area contributed by atoms with E-state index in [1.807, 2.05) is 25.1 Å². The van der Waals surface area contributed by atoms with E-state index in [1.165, 1.54) is 18.2 Å². The summed E-state index contributed by atoms with van der Waals surface area (Å²) in [6, 6.07) is 9.61. The van der Waals surface area contributed by atoms with Crippen LogP contribution >= 0.6 is 11.8 Å². The Kier molecular flexibility index (Phi) is 6.36. The molecule has 1 N–H and O–H groups in total. The van der Waals surface area contributed by atoms with Crippen molar-refractivity contribution >= 4 is 29.6 Å². The first-order valence-corrected chi connectivity index (χ1v) is 8.40. The van der Waals surface area contributed by atoms with Gasteiger partial charge in [0.25, 0.3) is 0 Å². The zero-order valence-electron chi connectivity index (χ0n) is 13.8. The largest absolute Gasteiger partial charge is 0.496 e. The third-order valence-corrected chi connectivity index (χ3v) is 4.40. The van der Waals surface area contributed by atoms with Crippen molar-refractivity contribution in [3.8, 4) is 5.75 Å².